The zero-order valence-electron chi connectivity index (χ0n) is 12.0. The number of esters is 1. The maximum Gasteiger partial charge on any atom is 0.308 e. The van der Waals surface area contributed by atoms with Crippen molar-refractivity contribution in [2.24, 2.45) is 0 Å². The van der Waals surface area contributed by atoms with Gasteiger partial charge in [-0.1, -0.05) is 12.2 Å². The fraction of sp³-hybridized carbons (Fsp3) is 0.235. The first kappa shape index (κ1) is 13.0. The number of hydrogen-bond donors (Lipinski definition) is 2. The van der Waals surface area contributed by atoms with Gasteiger partial charge in [0.25, 0.3) is 0 Å². The Morgan fingerprint density at radius 3 is 2.14 bits per heavy atom. The van der Waals surface area contributed by atoms with Crippen LogP contribution < -0.4 is 4.74 Å². The molecule has 2 aliphatic rings. The van der Waals surface area contributed by atoms with Crippen molar-refractivity contribution in [1.82, 2.24) is 4.57 Å². The molecule has 0 saturated heterocycles. The van der Waals surface area contributed by atoms with Crippen molar-refractivity contribution in [3.8, 4) is 23.2 Å². The van der Waals surface area contributed by atoms with Crippen LogP contribution >= 0.6 is 0 Å². The first-order valence-corrected chi connectivity index (χ1v) is 7.20. The molecule has 5 heteroatoms. The fourth-order valence-corrected chi connectivity index (χ4v) is 3.51. The average Bonchev–Trinajstić information content (AvgIpc) is 3.14. The van der Waals surface area contributed by atoms with Gasteiger partial charge in [-0.2, -0.15) is 0 Å². The zero-order chi connectivity index (χ0) is 15.4. The number of allylic oxidation sites excluding steroid dienone is 2. The highest BCUT2D eigenvalue weighted by Gasteiger charge is 2.41. The average molecular weight is 297 g/mol. The molecule has 2 atom stereocenters. The van der Waals surface area contributed by atoms with E-state index in [2.05, 4.69) is 12.2 Å². The lowest BCUT2D eigenvalue weighted by Crippen LogP contribution is -2.01. The van der Waals surface area contributed by atoms with Crippen molar-refractivity contribution < 1.29 is 19.7 Å². The number of aromatic hydroxyl groups is 2. The summed E-state index contributed by atoms with van der Waals surface area (Å²) in [6.07, 6.45) is 5.10. The van der Waals surface area contributed by atoms with Crippen LogP contribution in [0.3, 0.4) is 0 Å². The number of carbonyl (C=O) groups excluding carboxylic acids is 1. The van der Waals surface area contributed by atoms with E-state index in [0.717, 1.165) is 17.5 Å². The van der Waals surface area contributed by atoms with E-state index >= 15 is 0 Å². The first-order valence-electron chi connectivity index (χ1n) is 7.20. The molecule has 1 heterocycles. The third kappa shape index (κ3) is 1.68. The van der Waals surface area contributed by atoms with Crippen LogP contribution in [0.25, 0.3) is 5.69 Å². The molecular formula is C17H15NO4. The van der Waals surface area contributed by atoms with Crippen molar-refractivity contribution in [2.45, 2.75) is 25.2 Å². The number of fused-ring (bicyclic) bond motifs is 5. The summed E-state index contributed by atoms with van der Waals surface area (Å²) in [4.78, 5) is 10.9. The second-order valence-electron chi connectivity index (χ2n) is 5.73. The number of benzene rings is 1. The second kappa shape index (κ2) is 4.40. The lowest BCUT2D eigenvalue weighted by atomic mass is 10.0. The Labute approximate surface area is 127 Å². The Hall–Kier alpha value is -2.69. The van der Waals surface area contributed by atoms with Crippen LogP contribution in [0.2, 0.25) is 0 Å². The van der Waals surface area contributed by atoms with Gasteiger partial charge in [0.2, 0.25) is 11.8 Å². The molecule has 2 unspecified atom stereocenters. The molecule has 2 aromatic rings. The zero-order valence-corrected chi connectivity index (χ0v) is 12.0. The fourth-order valence-electron chi connectivity index (χ4n) is 3.51. The van der Waals surface area contributed by atoms with Gasteiger partial charge in [0, 0.05) is 29.9 Å². The number of ether oxygens (including phenoxy) is 1. The van der Waals surface area contributed by atoms with Crippen LogP contribution in [0.5, 0.6) is 17.5 Å². The van der Waals surface area contributed by atoms with E-state index in [1.54, 1.807) is 24.3 Å². The summed E-state index contributed by atoms with van der Waals surface area (Å²) in [5.74, 6) is 0.590. The van der Waals surface area contributed by atoms with E-state index in [0.29, 0.717) is 11.4 Å². The highest BCUT2D eigenvalue weighted by molar-refractivity contribution is 5.69. The van der Waals surface area contributed by atoms with Crippen molar-refractivity contribution in [3.05, 3.63) is 47.5 Å². The van der Waals surface area contributed by atoms with Crippen LogP contribution in [0, 0.1) is 0 Å². The minimum absolute atomic E-state index is 0.0876. The van der Waals surface area contributed by atoms with Crippen molar-refractivity contribution in [3.63, 3.8) is 0 Å². The standard InChI is InChI=1S/C17H15NO4/c1-9(19)22-13-6-4-12(5-7-13)18-16(20)14-10-2-3-11(8-10)15(14)17(18)21/h2-7,10-11,20-21H,8H2,1H3. The number of carbonyl (C=O) groups is 1. The molecule has 5 nitrogen and oxygen atoms in total. The van der Waals surface area contributed by atoms with Gasteiger partial charge in [-0.05, 0) is 30.7 Å². The Bertz CT molecular complexity index is 766. The number of aromatic nitrogens is 1. The van der Waals surface area contributed by atoms with Crippen molar-refractivity contribution in [2.75, 3.05) is 0 Å². The first-order chi connectivity index (χ1) is 10.6. The smallest absolute Gasteiger partial charge is 0.308 e. The minimum Gasteiger partial charge on any atom is -0.494 e. The molecule has 2 bridgehead atoms. The van der Waals surface area contributed by atoms with E-state index in [1.165, 1.54) is 11.5 Å². The van der Waals surface area contributed by atoms with E-state index in [4.69, 9.17) is 4.74 Å². The molecule has 22 heavy (non-hydrogen) atoms. The van der Waals surface area contributed by atoms with Gasteiger partial charge in [-0.25, -0.2) is 0 Å². The minimum atomic E-state index is -0.388. The molecule has 0 amide bonds. The van der Waals surface area contributed by atoms with Crippen molar-refractivity contribution >= 4 is 5.97 Å². The molecule has 1 aromatic heterocycles. The highest BCUT2D eigenvalue weighted by atomic mass is 16.5. The number of hydrogen-bond acceptors (Lipinski definition) is 4. The van der Waals surface area contributed by atoms with Gasteiger partial charge < -0.3 is 14.9 Å². The quantitative estimate of drug-likeness (QED) is 0.508. The predicted octanol–water partition coefficient (Wildman–Crippen LogP) is 2.95. The van der Waals surface area contributed by atoms with E-state index in [1.807, 2.05) is 0 Å². The van der Waals surface area contributed by atoms with Crippen LogP contribution in [0.15, 0.2) is 36.4 Å². The molecule has 2 N–H and O–H groups in total. The summed E-state index contributed by atoms with van der Waals surface area (Å²) in [6.45, 7) is 1.34. The molecule has 0 radical (unpaired) electrons. The Morgan fingerprint density at radius 2 is 1.64 bits per heavy atom. The van der Waals surface area contributed by atoms with E-state index in [-0.39, 0.29) is 29.6 Å². The van der Waals surface area contributed by atoms with Crippen molar-refractivity contribution in [1.29, 1.82) is 0 Å². The second-order valence-corrected chi connectivity index (χ2v) is 5.73. The normalized spacial score (nSPS) is 21.1. The van der Waals surface area contributed by atoms with E-state index in [9.17, 15) is 15.0 Å². The Balaban J connectivity index is 1.77. The third-order valence-corrected chi connectivity index (χ3v) is 4.38. The molecule has 112 valence electrons. The molecular weight excluding hydrogens is 282 g/mol. The van der Waals surface area contributed by atoms with Crippen LogP contribution in [-0.2, 0) is 4.79 Å². The van der Waals surface area contributed by atoms with Crippen LogP contribution in [0.1, 0.15) is 36.3 Å². The van der Waals surface area contributed by atoms with Gasteiger partial charge in [0.05, 0.1) is 5.69 Å². The summed E-state index contributed by atoms with van der Waals surface area (Å²) < 4.78 is 6.43. The molecule has 0 aliphatic heterocycles. The third-order valence-electron chi connectivity index (χ3n) is 4.38. The Morgan fingerprint density at radius 1 is 1.09 bits per heavy atom. The molecule has 0 spiro atoms. The summed E-state index contributed by atoms with van der Waals surface area (Å²) in [7, 11) is 0. The largest absolute Gasteiger partial charge is 0.494 e. The van der Waals surface area contributed by atoms with Crippen LogP contribution in [-0.4, -0.2) is 20.7 Å². The number of nitrogens with zero attached hydrogens (tertiary/aromatic N) is 1. The highest BCUT2D eigenvalue weighted by Crippen LogP contribution is 2.57. The summed E-state index contributed by atoms with van der Waals surface area (Å²) >= 11 is 0. The predicted molar refractivity (Wildman–Crippen MR) is 79.6 cm³/mol. The van der Waals surface area contributed by atoms with Gasteiger partial charge in [-0.15, -0.1) is 0 Å². The molecule has 2 aliphatic carbocycles. The monoisotopic (exact) mass is 297 g/mol. The topological polar surface area (TPSA) is 71.7 Å². The maximum atomic E-state index is 10.9. The summed E-state index contributed by atoms with van der Waals surface area (Å²) in [5, 5.41) is 21.0. The van der Waals surface area contributed by atoms with E-state index < -0.39 is 0 Å². The summed E-state index contributed by atoms with van der Waals surface area (Å²) in [6, 6.07) is 6.66. The van der Waals surface area contributed by atoms with Gasteiger partial charge in [0.1, 0.15) is 5.75 Å². The van der Waals surface area contributed by atoms with Gasteiger partial charge in [-0.3, -0.25) is 9.36 Å². The lowest BCUT2D eigenvalue weighted by molar-refractivity contribution is -0.131. The van der Waals surface area contributed by atoms with Gasteiger partial charge >= 0.3 is 5.97 Å². The molecule has 0 fully saturated rings. The number of rotatable bonds is 2. The lowest BCUT2D eigenvalue weighted by Gasteiger charge is -2.10. The molecule has 1 aromatic carbocycles. The SMILES string of the molecule is CC(=O)Oc1ccc(-n2c(O)c3c(c2O)C2C=CC3C2)cc1. The Kier molecular flexibility index (Phi) is 2.60. The van der Waals surface area contributed by atoms with Crippen LogP contribution in [0.4, 0.5) is 0 Å². The maximum absolute atomic E-state index is 10.9. The van der Waals surface area contributed by atoms with Gasteiger partial charge in [0.15, 0.2) is 0 Å². The molecule has 0 saturated carbocycles. The summed E-state index contributed by atoms with van der Waals surface area (Å²) in [5.41, 5.74) is 2.28. The molecule has 4 rings (SSSR count).